The molecule has 2 rings (SSSR count). The maximum absolute atomic E-state index is 12.7. The summed E-state index contributed by atoms with van der Waals surface area (Å²) in [4.78, 5) is 11.9. The summed E-state index contributed by atoms with van der Waals surface area (Å²) in [6.45, 7) is 1.80. The van der Waals surface area contributed by atoms with E-state index in [2.05, 4.69) is 37.2 Å². The maximum atomic E-state index is 12.7. The number of benzene rings is 2. The molecule has 21 heavy (non-hydrogen) atoms. The van der Waals surface area contributed by atoms with Crippen molar-refractivity contribution in [3.05, 3.63) is 56.7 Å². The predicted octanol–water partition coefficient (Wildman–Crippen LogP) is 4.68. The minimum Gasteiger partial charge on any atom is -0.484 e. The molecule has 110 valence electrons. The molecular formula is C15H12Br2FNO2. The third kappa shape index (κ3) is 4.54. The molecule has 6 heteroatoms. The second-order valence-electron chi connectivity index (χ2n) is 4.39. The van der Waals surface area contributed by atoms with Gasteiger partial charge in [-0.2, -0.15) is 0 Å². The molecule has 1 N–H and O–H groups in total. The number of nitrogens with one attached hydrogen (secondary N) is 1. The topological polar surface area (TPSA) is 38.3 Å². The van der Waals surface area contributed by atoms with Gasteiger partial charge in [-0.3, -0.25) is 4.79 Å². The van der Waals surface area contributed by atoms with Crippen LogP contribution in [0.4, 0.5) is 10.1 Å². The average molecular weight is 417 g/mol. The summed E-state index contributed by atoms with van der Waals surface area (Å²) in [7, 11) is 0. The first kappa shape index (κ1) is 16.0. The third-order valence-corrected chi connectivity index (χ3v) is 3.89. The minimum absolute atomic E-state index is 0.154. The van der Waals surface area contributed by atoms with Crippen LogP contribution in [0.15, 0.2) is 45.3 Å². The van der Waals surface area contributed by atoms with Gasteiger partial charge < -0.3 is 10.1 Å². The van der Waals surface area contributed by atoms with Gasteiger partial charge in [-0.05, 0) is 80.7 Å². The van der Waals surface area contributed by atoms with Crippen molar-refractivity contribution in [2.45, 2.75) is 6.92 Å². The molecule has 3 nitrogen and oxygen atoms in total. The predicted molar refractivity (Wildman–Crippen MR) is 87.1 cm³/mol. The van der Waals surface area contributed by atoms with E-state index < -0.39 is 0 Å². The van der Waals surface area contributed by atoms with Gasteiger partial charge in [0.2, 0.25) is 0 Å². The van der Waals surface area contributed by atoms with E-state index in [0.717, 1.165) is 14.5 Å². The monoisotopic (exact) mass is 415 g/mol. The fourth-order valence-electron chi connectivity index (χ4n) is 1.67. The SMILES string of the molecule is Cc1cc(Br)c(NC(=O)COc2ccc(F)cc2)c(Br)c1. The molecular weight excluding hydrogens is 405 g/mol. The first-order valence-electron chi connectivity index (χ1n) is 6.09. The van der Waals surface area contributed by atoms with Crippen molar-refractivity contribution in [2.24, 2.45) is 0 Å². The van der Waals surface area contributed by atoms with Crippen molar-refractivity contribution >= 4 is 43.5 Å². The van der Waals surface area contributed by atoms with E-state index in [-0.39, 0.29) is 18.3 Å². The van der Waals surface area contributed by atoms with Gasteiger partial charge in [-0.1, -0.05) is 0 Å². The fraction of sp³-hybridized carbons (Fsp3) is 0.133. The second-order valence-corrected chi connectivity index (χ2v) is 6.10. The fourth-order valence-corrected chi connectivity index (χ4v) is 3.29. The van der Waals surface area contributed by atoms with Crippen LogP contribution in [0.25, 0.3) is 0 Å². The zero-order valence-corrected chi connectivity index (χ0v) is 14.3. The summed E-state index contributed by atoms with van der Waals surface area (Å²) in [6, 6.07) is 9.31. The first-order valence-corrected chi connectivity index (χ1v) is 7.68. The van der Waals surface area contributed by atoms with Crippen LogP contribution in [0.1, 0.15) is 5.56 Å². The van der Waals surface area contributed by atoms with Crippen molar-refractivity contribution in [1.29, 1.82) is 0 Å². The van der Waals surface area contributed by atoms with Gasteiger partial charge >= 0.3 is 0 Å². The molecule has 0 unspecified atom stereocenters. The summed E-state index contributed by atoms with van der Waals surface area (Å²) >= 11 is 6.81. The number of amides is 1. The van der Waals surface area contributed by atoms with Crippen LogP contribution >= 0.6 is 31.9 Å². The largest absolute Gasteiger partial charge is 0.484 e. The Bertz CT molecular complexity index is 636. The smallest absolute Gasteiger partial charge is 0.262 e. The van der Waals surface area contributed by atoms with Crippen molar-refractivity contribution < 1.29 is 13.9 Å². The van der Waals surface area contributed by atoms with Crippen LogP contribution in [-0.4, -0.2) is 12.5 Å². The van der Waals surface area contributed by atoms with Crippen LogP contribution in [-0.2, 0) is 4.79 Å². The molecule has 1 amide bonds. The number of anilines is 1. The van der Waals surface area contributed by atoms with E-state index in [1.54, 1.807) is 0 Å². The highest BCUT2D eigenvalue weighted by Gasteiger charge is 2.10. The molecule has 0 fully saturated rings. The van der Waals surface area contributed by atoms with Crippen LogP contribution in [0.2, 0.25) is 0 Å². The second kappa shape index (κ2) is 7.04. The third-order valence-electron chi connectivity index (χ3n) is 2.63. The molecule has 0 bridgehead atoms. The number of hydrogen-bond donors (Lipinski definition) is 1. The lowest BCUT2D eigenvalue weighted by Gasteiger charge is -2.11. The summed E-state index contributed by atoms with van der Waals surface area (Å²) in [5.74, 6) is -0.211. The Kier molecular flexibility index (Phi) is 5.36. The molecule has 2 aromatic carbocycles. The molecule has 0 saturated heterocycles. The van der Waals surface area contributed by atoms with E-state index in [0.29, 0.717) is 11.4 Å². The molecule has 0 aromatic heterocycles. The zero-order chi connectivity index (χ0) is 15.4. The Balaban J connectivity index is 1.97. The lowest BCUT2D eigenvalue weighted by molar-refractivity contribution is -0.118. The van der Waals surface area contributed by atoms with Crippen molar-refractivity contribution in [3.8, 4) is 5.75 Å². The van der Waals surface area contributed by atoms with Gasteiger partial charge in [0.15, 0.2) is 6.61 Å². The molecule has 0 aliphatic heterocycles. The van der Waals surface area contributed by atoms with Gasteiger partial charge in [-0.25, -0.2) is 4.39 Å². The maximum Gasteiger partial charge on any atom is 0.262 e. The summed E-state index contributed by atoms with van der Waals surface area (Å²) in [5, 5.41) is 2.76. The van der Waals surface area contributed by atoms with Gasteiger partial charge in [-0.15, -0.1) is 0 Å². The molecule has 0 spiro atoms. The number of hydrogen-bond acceptors (Lipinski definition) is 2. The molecule has 0 heterocycles. The van der Waals surface area contributed by atoms with E-state index in [1.165, 1.54) is 24.3 Å². The first-order chi connectivity index (χ1) is 9.95. The number of halogens is 3. The number of carbonyl (C=O) groups is 1. The average Bonchev–Trinajstić information content (AvgIpc) is 2.42. The Morgan fingerprint density at radius 3 is 2.33 bits per heavy atom. The number of ether oxygens (including phenoxy) is 1. The van der Waals surface area contributed by atoms with Gasteiger partial charge in [0, 0.05) is 8.95 Å². The Morgan fingerprint density at radius 1 is 1.19 bits per heavy atom. The van der Waals surface area contributed by atoms with E-state index in [4.69, 9.17) is 4.74 Å². The highest BCUT2D eigenvalue weighted by atomic mass is 79.9. The van der Waals surface area contributed by atoms with Crippen LogP contribution in [0, 0.1) is 12.7 Å². The van der Waals surface area contributed by atoms with Crippen LogP contribution in [0.3, 0.4) is 0 Å². The zero-order valence-electron chi connectivity index (χ0n) is 11.1. The van der Waals surface area contributed by atoms with Crippen molar-refractivity contribution in [3.63, 3.8) is 0 Å². The lowest BCUT2D eigenvalue weighted by atomic mass is 10.2. The van der Waals surface area contributed by atoms with Crippen molar-refractivity contribution in [1.82, 2.24) is 0 Å². The van der Waals surface area contributed by atoms with Crippen LogP contribution < -0.4 is 10.1 Å². The molecule has 0 aliphatic carbocycles. The normalized spacial score (nSPS) is 10.3. The quantitative estimate of drug-likeness (QED) is 0.785. The Morgan fingerprint density at radius 2 is 1.76 bits per heavy atom. The summed E-state index contributed by atoms with van der Waals surface area (Å²) in [6.07, 6.45) is 0. The molecule has 2 aromatic rings. The molecule has 0 atom stereocenters. The minimum atomic E-state index is -0.348. The van der Waals surface area contributed by atoms with E-state index >= 15 is 0 Å². The van der Waals surface area contributed by atoms with Gasteiger partial charge in [0.1, 0.15) is 11.6 Å². The number of aryl methyl sites for hydroxylation is 1. The lowest BCUT2D eigenvalue weighted by Crippen LogP contribution is -2.20. The highest BCUT2D eigenvalue weighted by molar-refractivity contribution is 9.11. The van der Waals surface area contributed by atoms with E-state index in [9.17, 15) is 9.18 Å². The molecule has 0 aliphatic rings. The summed E-state index contributed by atoms with van der Waals surface area (Å²) < 4.78 is 19.6. The van der Waals surface area contributed by atoms with Crippen molar-refractivity contribution in [2.75, 3.05) is 11.9 Å². The Hall–Kier alpha value is -1.40. The molecule has 0 saturated carbocycles. The standard InChI is InChI=1S/C15H12Br2FNO2/c1-9-6-12(16)15(13(17)7-9)19-14(20)8-21-11-4-2-10(18)3-5-11/h2-7H,8H2,1H3,(H,19,20). The van der Waals surface area contributed by atoms with Gasteiger partial charge in [0.25, 0.3) is 5.91 Å². The highest BCUT2D eigenvalue weighted by Crippen LogP contribution is 2.32. The van der Waals surface area contributed by atoms with Gasteiger partial charge in [0.05, 0.1) is 5.69 Å². The summed E-state index contributed by atoms with van der Waals surface area (Å²) in [5.41, 5.74) is 1.71. The number of rotatable bonds is 4. The molecule has 0 radical (unpaired) electrons. The number of carbonyl (C=O) groups excluding carboxylic acids is 1. The Labute approximate surface area is 138 Å². The van der Waals surface area contributed by atoms with Crippen LogP contribution in [0.5, 0.6) is 5.75 Å². The van der Waals surface area contributed by atoms with E-state index in [1.807, 2.05) is 19.1 Å².